The van der Waals surface area contributed by atoms with Gasteiger partial charge < -0.3 is 0 Å². The highest BCUT2D eigenvalue weighted by Gasteiger charge is 2.26. The van der Waals surface area contributed by atoms with E-state index in [0.717, 1.165) is 5.04 Å². The van der Waals surface area contributed by atoms with E-state index >= 15 is 0 Å². The normalized spacial score (nSPS) is 38.7. The Labute approximate surface area is 80.9 Å². The molecule has 0 amide bonds. The number of hydrogen-bond donors (Lipinski definition) is 1. The molecule has 0 aromatic rings. The predicted octanol–water partition coefficient (Wildman–Crippen LogP) is 1.02. The standard InChI is InChI=1S/C8H10N4S/c1-6-11-7-8(13-6)12-10-5-3-2-4-9-7/h2-5,7-8,12H,1H3/b3-2-,9-4+,10-5+. The van der Waals surface area contributed by atoms with Crippen LogP contribution in [0.5, 0.6) is 0 Å². The minimum Gasteiger partial charge on any atom is -0.292 e. The van der Waals surface area contributed by atoms with Crippen molar-refractivity contribution in [3.63, 3.8) is 0 Å². The molecule has 0 spiro atoms. The van der Waals surface area contributed by atoms with Crippen LogP contribution >= 0.6 is 11.8 Å². The second-order valence-corrected chi connectivity index (χ2v) is 4.02. The molecular formula is C8H10N4S. The average Bonchev–Trinajstić information content (AvgIpc) is 2.46. The van der Waals surface area contributed by atoms with Gasteiger partial charge in [-0.3, -0.25) is 15.4 Å². The van der Waals surface area contributed by atoms with Gasteiger partial charge in [-0.1, -0.05) is 11.8 Å². The maximum atomic E-state index is 4.37. The third-order valence-corrected chi connectivity index (χ3v) is 2.73. The quantitative estimate of drug-likeness (QED) is 0.626. The number of hydrazone groups is 1. The van der Waals surface area contributed by atoms with Crippen LogP contribution < -0.4 is 5.43 Å². The highest BCUT2D eigenvalue weighted by atomic mass is 32.2. The number of nitrogens with one attached hydrogen (secondary N) is 1. The van der Waals surface area contributed by atoms with Gasteiger partial charge in [-0.05, 0) is 19.1 Å². The molecule has 2 unspecified atom stereocenters. The van der Waals surface area contributed by atoms with Crippen molar-refractivity contribution < 1.29 is 0 Å². The summed E-state index contributed by atoms with van der Waals surface area (Å²) in [4.78, 5) is 8.66. The van der Waals surface area contributed by atoms with E-state index in [0.29, 0.717) is 0 Å². The molecular weight excluding hydrogens is 184 g/mol. The van der Waals surface area contributed by atoms with Crippen molar-refractivity contribution in [1.82, 2.24) is 5.43 Å². The summed E-state index contributed by atoms with van der Waals surface area (Å²) in [6, 6.07) is 0. The Hall–Kier alpha value is -1.10. The SMILES string of the molecule is CC1=NC2/N=C/C=C\C=N\NC2S1. The van der Waals surface area contributed by atoms with E-state index < -0.39 is 0 Å². The lowest BCUT2D eigenvalue weighted by molar-refractivity contribution is 0.590. The molecule has 0 radical (unpaired) electrons. The summed E-state index contributed by atoms with van der Waals surface area (Å²) in [5.41, 5.74) is 3.01. The van der Waals surface area contributed by atoms with Gasteiger partial charge in [0.1, 0.15) is 5.37 Å². The maximum absolute atomic E-state index is 4.37. The number of fused-ring (bicyclic) bond motifs is 1. The van der Waals surface area contributed by atoms with Crippen LogP contribution in [0.4, 0.5) is 0 Å². The summed E-state index contributed by atoms with van der Waals surface area (Å²) in [6.07, 6.45) is 7.12. The minimum atomic E-state index is -0.0371. The molecule has 2 atom stereocenters. The minimum absolute atomic E-state index is 0.0371. The van der Waals surface area contributed by atoms with E-state index in [1.165, 1.54) is 0 Å². The molecule has 0 aromatic heterocycles. The topological polar surface area (TPSA) is 49.1 Å². The number of aliphatic imine (C=N–C) groups is 2. The first-order valence-corrected chi connectivity index (χ1v) is 4.92. The second-order valence-electron chi connectivity index (χ2n) is 2.69. The smallest absolute Gasteiger partial charge is 0.171 e. The van der Waals surface area contributed by atoms with Crippen LogP contribution in [0.25, 0.3) is 0 Å². The summed E-state index contributed by atoms with van der Waals surface area (Å²) in [6.45, 7) is 1.99. The van der Waals surface area contributed by atoms with E-state index in [9.17, 15) is 0 Å². The van der Waals surface area contributed by atoms with Crippen molar-refractivity contribution in [2.24, 2.45) is 15.1 Å². The molecule has 0 aliphatic carbocycles. The van der Waals surface area contributed by atoms with E-state index in [1.807, 2.05) is 19.1 Å². The largest absolute Gasteiger partial charge is 0.292 e. The number of allylic oxidation sites excluding steroid dienone is 2. The zero-order chi connectivity index (χ0) is 9.10. The van der Waals surface area contributed by atoms with Gasteiger partial charge in [0, 0.05) is 12.4 Å². The lowest BCUT2D eigenvalue weighted by Gasteiger charge is -2.11. The molecule has 4 nitrogen and oxygen atoms in total. The van der Waals surface area contributed by atoms with Gasteiger partial charge in [0.25, 0.3) is 0 Å². The average molecular weight is 194 g/mol. The fraction of sp³-hybridized carbons (Fsp3) is 0.375. The summed E-state index contributed by atoms with van der Waals surface area (Å²) in [5, 5.41) is 5.23. The predicted molar refractivity (Wildman–Crippen MR) is 57.5 cm³/mol. The molecule has 0 saturated carbocycles. The Morgan fingerprint density at radius 2 is 2.23 bits per heavy atom. The monoisotopic (exact) mass is 194 g/mol. The maximum Gasteiger partial charge on any atom is 0.171 e. The Morgan fingerprint density at radius 3 is 3.15 bits per heavy atom. The summed E-state index contributed by atoms with van der Waals surface area (Å²) in [5.74, 6) is 0. The van der Waals surface area contributed by atoms with Gasteiger partial charge in [-0.25, -0.2) is 0 Å². The molecule has 0 fully saturated rings. The van der Waals surface area contributed by atoms with Gasteiger partial charge >= 0.3 is 0 Å². The summed E-state index contributed by atoms with van der Waals surface area (Å²) < 4.78 is 0. The summed E-state index contributed by atoms with van der Waals surface area (Å²) >= 11 is 1.66. The van der Waals surface area contributed by atoms with Crippen LogP contribution in [0, 0.1) is 0 Å². The molecule has 0 aromatic carbocycles. The van der Waals surface area contributed by atoms with Crippen molar-refractivity contribution in [3.05, 3.63) is 12.2 Å². The van der Waals surface area contributed by atoms with Gasteiger partial charge in [0.05, 0.1) is 5.04 Å². The highest BCUT2D eigenvalue weighted by molar-refractivity contribution is 8.14. The van der Waals surface area contributed by atoms with E-state index in [4.69, 9.17) is 0 Å². The van der Waals surface area contributed by atoms with Crippen LogP contribution in [0.2, 0.25) is 0 Å². The number of hydrogen-bond acceptors (Lipinski definition) is 5. The first-order chi connectivity index (χ1) is 6.36. The van der Waals surface area contributed by atoms with Gasteiger partial charge in [-0.15, -0.1) is 0 Å². The van der Waals surface area contributed by atoms with Crippen LogP contribution in [-0.2, 0) is 0 Å². The summed E-state index contributed by atoms with van der Waals surface area (Å²) in [7, 11) is 0. The molecule has 0 bridgehead atoms. The fourth-order valence-corrected chi connectivity index (χ4v) is 2.03. The molecule has 13 heavy (non-hydrogen) atoms. The van der Waals surface area contributed by atoms with Crippen LogP contribution in [0.3, 0.4) is 0 Å². The highest BCUT2D eigenvalue weighted by Crippen LogP contribution is 2.25. The fourth-order valence-electron chi connectivity index (χ4n) is 1.13. The zero-order valence-corrected chi connectivity index (χ0v) is 8.03. The number of rotatable bonds is 0. The Balaban J connectivity index is 2.18. The van der Waals surface area contributed by atoms with Gasteiger partial charge in [0.2, 0.25) is 0 Å². The third-order valence-electron chi connectivity index (χ3n) is 1.68. The van der Waals surface area contributed by atoms with Gasteiger partial charge in [-0.2, -0.15) is 5.10 Å². The third kappa shape index (κ3) is 1.98. The van der Waals surface area contributed by atoms with E-state index in [1.54, 1.807) is 24.2 Å². The molecule has 0 saturated heterocycles. The lowest BCUT2D eigenvalue weighted by Crippen LogP contribution is -2.28. The van der Waals surface area contributed by atoms with E-state index in [2.05, 4.69) is 20.5 Å². The molecule has 2 rings (SSSR count). The molecule has 2 aliphatic rings. The molecule has 68 valence electrons. The Bertz CT molecular complexity index is 305. The van der Waals surface area contributed by atoms with Crippen molar-refractivity contribution >= 4 is 29.2 Å². The molecule has 1 N–H and O–H groups in total. The first kappa shape index (κ1) is 8.50. The van der Waals surface area contributed by atoms with Crippen molar-refractivity contribution in [3.8, 4) is 0 Å². The van der Waals surface area contributed by atoms with E-state index in [-0.39, 0.29) is 11.5 Å². The first-order valence-electron chi connectivity index (χ1n) is 4.04. The molecule has 5 heteroatoms. The molecule has 2 aliphatic heterocycles. The number of nitrogens with zero attached hydrogens (tertiary/aromatic N) is 3. The van der Waals surface area contributed by atoms with Crippen molar-refractivity contribution in [2.45, 2.75) is 18.5 Å². The number of thioether (sulfide) groups is 1. The van der Waals surface area contributed by atoms with Gasteiger partial charge in [0.15, 0.2) is 6.17 Å². The van der Waals surface area contributed by atoms with Crippen LogP contribution in [0.15, 0.2) is 27.2 Å². The van der Waals surface area contributed by atoms with Crippen molar-refractivity contribution in [1.29, 1.82) is 0 Å². The van der Waals surface area contributed by atoms with Crippen molar-refractivity contribution in [2.75, 3.05) is 0 Å². The second kappa shape index (κ2) is 3.74. The lowest BCUT2D eigenvalue weighted by atomic mass is 10.5. The Morgan fingerprint density at radius 1 is 1.38 bits per heavy atom. The molecule has 2 heterocycles. The zero-order valence-electron chi connectivity index (χ0n) is 7.21. The van der Waals surface area contributed by atoms with Crippen LogP contribution in [0.1, 0.15) is 6.92 Å². The Kier molecular flexibility index (Phi) is 2.44. The van der Waals surface area contributed by atoms with Crippen LogP contribution in [-0.4, -0.2) is 29.0 Å².